The molecule has 0 aliphatic rings. The molecule has 19 heteroatoms. The molecule has 5 N–H and O–H groups in total. The van der Waals surface area contributed by atoms with Crippen LogP contribution >= 0.6 is 22.9 Å². The number of rotatable bonds is 8. The first-order chi connectivity index (χ1) is 19.4. The maximum absolute atomic E-state index is 13.2. The Morgan fingerprint density at radius 1 is 1.17 bits per heavy atom. The van der Waals surface area contributed by atoms with Crippen LogP contribution in [0.2, 0.25) is 4.34 Å². The van der Waals surface area contributed by atoms with Gasteiger partial charge in [0.25, 0.3) is 16.4 Å². The van der Waals surface area contributed by atoms with Gasteiger partial charge in [0.1, 0.15) is 15.5 Å². The van der Waals surface area contributed by atoms with E-state index >= 15 is 0 Å². The van der Waals surface area contributed by atoms with Crippen molar-refractivity contribution >= 4 is 50.3 Å². The fourth-order valence-corrected chi connectivity index (χ4v) is 6.17. The Labute approximate surface area is 243 Å². The Bertz CT molecular complexity index is 1670. The van der Waals surface area contributed by atoms with Gasteiger partial charge in [-0.05, 0) is 31.2 Å². The van der Waals surface area contributed by atoms with Crippen LogP contribution in [-0.2, 0) is 16.2 Å². The van der Waals surface area contributed by atoms with Gasteiger partial charge in [-0.15, -0.1) is 17.0 Å². The number of aliphatic hydroxyl groups is 2. The van der Waals surface area contributed by atoms with E-state index in [1.54, 1.807) is 0 Å². The topological polar surface area (TPSA) is 178 Å². The molecule has 228 valence electrons. The fourth-order valence-electron chi connectivity index (χ4n) is 3.24. The molecule has 4 aromatic rings. The molecule has 0 bridgehead atoms. The summed E-state index contributed by atoms with van der Waals surface area (Å²) in [5, 5.41) is 30.7. The van der Waals surface area contributed by atoms with Crippen LogP contribution < -0.4 is 4.72 Å². The predicted molar refractivity (Wildman–Crippen MR) is 142 cm³/mol. The number of benzene rings is 1. The van der Waals surface area contributed by atoms with E-state index in [-0.39, 0.29) is 31.1 Å². The second kappa shape index (κ2) is 12.4. The van der Waals surface area contributed by atoms with Crippen molar-refractivity contribution in [1.29, 1.82) is 0 Å². The average Bonchev–Trinajstić information content (AvgIpc) is 3.51. The molecule has 0 fully saturated rings. The van der Waals surface area contributed by atoms with Crippen molar-refractivity contribution < 1.29 is 50.5 Å². The number of nitrogens with one attached hydrogen (secondary N) is 2. The third-order valence-corrected chi connectivity index (χ3v) is 8.94. The van der Waals surface area contributed by atoms with Crippen molar-refractivity contribution in [2.24, 2.45) is 0 Å². The van der Waals surface area contributed by atoms with E-state index in [1.807, 2.05) is 0 Å². The summed E-state index contributed by atoms with van der Waals surface area (Å²) in [4.78, 5) is 15.1. The fraction of sp³-hybridized carbons (Fsp3) is 0.261. The first kappa shape index (κ1) is 33.1. The lowest BCUT2D eigenvalue weighted by Gasteiger charge is -2.25. The highest BCUT2D eigenvalue weighted by Gasteiger charge is 2.31. The molecule has 0 radical (unpaired) electrons. The second-order valence-electron chi connectivity index (χ2n) is 8.78. The standard InChI is InChI=1S/C15H8F5N3O2.C8H12ClN2O4S2/c16-12(17)11-5-10(7-1-3-8(4-2-7)15(18,19)20)22-13-9(14(24)25)6-21-23(11)13;1-8(3-12,4-13)11-17(14,15)6-2-5(10)7(9)16-6/h1-6,12H,(H,24,25);2,10-13H,3-4H2,1H3/q;-1. The van der Waals surface area contributed by atoms with Crippen molar-refractivity contribution in [2.45, 2.75) is 29.3 Å². The van der Waals surface area contributed by atoms with E-state index in [1.165, 1.54) is 6.92 Å². The van der Waals surface area contributed by atoms with Crippen molar-refractivity contribution in [3.05, 3.63) is 69.5 Å². The number of nitrogens with zero attached hydrogens (tertiary/aromatic N) is 3. The maximum Gasteiger partial charge on any atom is 0.416 e. The van der Waals surface area contributed by atoms with Gasteiger partial charge in [-0.2, -0.15) is 23.0 Å². The lowest BCUT2D eigenvalue weighted by Crippen LogP contribution is -2.51. The number of aromatic carboxylic acids is 1. The van der Waals surface area contributed by atoms with Crippen molar-refractivity contribution in [3.8, 4) is 11.3 Å². The summed E-state index contributed by atoms with van der Waals surface area (Å²) in [6.07, 6.45) is -6.64. The zero-order valence-corrected chi connectivity index (χ0v) is 23.4. The maximum atomic E-state index is 13.2. The molecule has 3 heterocycles. The number of halogens is 6. The molecule has 0 aliphatic heterocycles. The number of hydrogen-bond acceptors (Lipinski definition) is 8. The highest BCUT2D eigenvalue weighted by molar-refractivity contribution is 7.91. The SMILES string of the molecule is CC(CO)(CO)NS(=O)(=O)c1cc([NH-])c(Cl)s1.O=C(O)c1cnn2c(C(F)F)cc(-c3ccc(C(F)(F)F)cc3)nc12. The molecule has 0 aliphatic carbocycles. The Morgan fingerprint density at radius 2 is 1.76 bits per heavy atom. The van der Waals surface area contributed by atoms with E-state index in [4.69, 9.17) is 32.7 Å². The van der Waals surface area contributed by atoms with Gasteiger partial charge in [0.05, 0.1) is 40.5 Å². The number of fused-ring (bicyclic) bond motifs is 1. The minimum absolute atomic E-state index is 0.0695. The molecule has 0 saturated heterocycles. The van der Waals surface area contributed by atoms with Crippen LogP contribution in [0.4, 0.5) is 27.6 Å². The third-order valence-electron chi connectivity index (χ3n) is 5.47. The third kappa shape index (κ3) is 7.31. The molecular formula is C23H20ClF5N5O6S2-. The Morgan fingerprint density at radius 3 is 2.21 bits per heavy atom. The number of hydrogen-bond donors (Lipinski definition) is 4. The number of carbonyl (C=O) groups is 1. The van der Waals surface area contributed by atoms with Crippen molar-refractivity contribution in [1.82, 2.24) is 19.3 Å². The summed E-state index contributed by atoms with van der Waals surface area (Å²) >= 11 is 6.36. The van der Waals surface area contributed by atoms with Crippen LogP contribution in [0.5, 0.6) is 0 Å². The minimum Gasteiger partial charge on any atom is -0.697 e. The number of carboxylic acid groups (broad SMARTS) is 1. The number of carboxylic acids is 1. The van der Waals surface area contributed by atoms with Gasteiger partial charge in [0.2, 0.25) is 0 Å². The van der Waals surface area contributed by atoms with Crippen LogP contribution in [0, 0.1) is 0 Å². The van der Waals surface area contributed by atoms with Crippen LogP contribution in [0.1, 0.15) is 35.0 Å². The van der Waals surface area contributed by atoms with Gasteiger partial charge in [-0.25, -0.2) is 31.5 Å². The number of sulfonamides is 1. The second-order valence-corrected chi connectivity index (χ2v) is 12.3. The first-order valence-electron chi connectivity index (χ1n) is 11.3. The Hall–Kier alpha value is -3.42. The summed E-state index contributed by atoms with van der Waals surface area (Å²) in [6, 6.07) is 5.81. The van der Waals surface area contributed by atoms with Gasteiger partial charge < -0.3 is 21.1 Å². The van der Waals surface area contributed by atoms with Gasteiger partial charge in [-0.3, -0.25) is 0 Å². The van der Waals surface area contributed by atoms with Crippen molar-refractivity contribution in [2.75, 3.05) is 13.2 Å². The van der Waals surface area contributed by atoms with E-state index < -0.39 is 64.2 Å². The first-order valence-corrected chi connectivity index (χ1v) is 13.9. The van der Waals surface area contributed by atoms with Gasteiger partial charge >= 0.3 is 12.1 Å². The lowest BCUT2D eigenvalue weighted by atomic mass is 10.1. The molecule has 4 rings (SSSR count). The largest absolute Gasteiger partial charge is 0.697 e. The van der Waals surface area contributed by atoms with E-state index in [9.17, 15) is 35.2 Å². The molecular weight excluding hydrogens is 637 g/mol. The van der Waals surface area contributed by atoms with Gasteiger partial charge in [0, 0.05) is 5.56 Å². The van der Waals surface area contributed by atoms with Crippen LogP contribution in [0.15, 0.2) is 46.8 Å². The van der Waals surface area contributed by atoms with E-state index in [0.717, 1.165) is 53.9 Å². The zero-order chi connectivity index (χ0) is 31.6. The molecule has 0 atom stereocenters. The van der Waals surface area contributed by atoms with Crippen molar-refractivity contribution in [3.63, 3.8) is 0 Å². The highest BCUT2D eigenvalue weighted by atomic mass is 35.5. The molecule has 0 unspecified atom stereocenters. The monoisotopic (exact) mass is 656 g/mol. The summed E-state index contributed by atoms with van der Waals surface area (Å²) in [7, 11) is -3.90. The molecule has 11 nitrogen and oxygen atoms in total. The van der Waals surface area contributed by atoms with Gasteiger partial charge in [-0.1, -0.05) is 23.7 Å². The number of alkyl halides is 5. The molecule has 0 amide bonds. The highest BCUT2D eigenvalue weighted by Crippen LogP contribution is 2.36. The molecule has 0 spiro atoms. The summed E-state index contributed by atoms with van der Waals surface area (Å²) in [5.41, 5.74) is 3.72. The number of thiophene rings is 1. The number of aromatic nitrogens is 3. The Kier molecular flexibility index (Phi) is 9.80. The normalized spacial score (nSPS) is 12.4. The molecule has 1 aromatic carbocycles. The molecule has 0 saturated carbocycles. The average molecular weight is 657 g/mol. The van der Waals surface area contributed by atoms with E-state index in [0.29, 0.717) is 4.52 Å². The minimum atomic E-state index is -4.54. The summed E-state index contributed by atoms with van der Waals surface area (Å²) in [6.45, 7) is 0.270. The quantitative estimate of drug-likeness (QED) is 0.188. The molecule has 42 heavy (non-hydrogen) atoms. The lowest BCUT2D eigenvalue weighted by molar-refractivity contribution is -0.137. The smallest absolute Gasteiger partial charge is 0.416 e. The van der Waals surface area contributed by atoms with Crippen LogP contribution in [0.3, 0.4) is 0 Å². The van der Waals surface area contributed by atoms with Crippen LogP contribution in [0.25, 0.3) is 22.6 Å². The number of aliphatic hydroxyl groups excluding tert-OH is 2. The van der Waals surface area contributed by atoms with E-state index in [2.05, 4.69) is 14.8 Å². The zero-order valence-electron chi connectivity index (χ0n) is 21.0. The van der Waals surface area contributed by atoms with Crippen LogP contribution in [-0.4, -0.2) is 63.1 Å². The Balaban J connectivity index is 0.000000250. The summed E-state index contributed by atoms with van der Waals surface area (Å²) in [5.74, 6) is -1.41. The predicted octanol–water partition coefficient (Wildman–Crippen LogP) is 5.16. The molecule has 3 aromatic heterocycles. The summed E-state index contributed by atoms with van der Waals surface area (Å²) < 4.78 is 90.8. The van der Waals surface area contributed by atoms with Gasteiger partial charge in [0.15, 0.2) is 5.65 Å².